The predicted octanol–water partition coefficient (Wildman–Crippen LogP) is 2.05. The molecule has 1 aromatic rings. The van der Waals surface area contributed by atoms with Gasteiger partial charge in [0.25, 0.3) is 0 Å². The zero-order chi connectivity index (χ0) is 12.3. The first-order chi connectivity index (χ1) is 7.31. The Morgan fingerprint density at radius 2 is 1.88 bits per heavy atom. The van der Waals surface area contributed by atoms with Gasteiger partial charge in [-0.1, -0.05) is 12.1 Å². The number of hydrogen-bond donors (Lipinski definition) is 1. The zero-order valence-corrected chi connectivity index (χ0v) is 8.64. The topological polar surface area (TPSA) is 54.4 Å². The summed E-state index contributed by atoms with van der Waals surface area (Å²) in [4.78, 5) is 10.4. The van der Waals surface area contributed by atoms with Gasteiger partial charge in [-0.3, -0.25) is 4.21 Å². The quantitative estimate of drug-likeness (QED) is 0.895. The van der Waals surface area contributed by atoms with Crippen LogP contribution >= 0.6 is 0 Å². The van der Waals surface area contributed by atoms with E-state index in [1.165, 1.54) is 12.1 Å². The van der Waals surface area contributed by atoms with Gasteiger partial charge in [-0.15, -0.1) is 0 Å². The molecule has 0 saturated carbocycles. The molecular weight excluding hydrogens is 245 g/mol. The number of carbonyl (C=O) groups is 1. The van der Waals surface area contributed by atoms with E-state index in [9.17, 15) is 22.2 Å². The molecule has 0 fully saturated rings. The summed E-state index contributed by atoms with van der Waals surface area (Å²) in [6.45, 7) is 0. The molecule has 1 unspecified atom stereocenters. The molecular formula is C9H7F3O3S. The molecule has 0 amide bonds. The Hall–Kier alpha value is -1.37. The Labute approximate surface area is 91.4 Å². The van der Waals surface area contributed by atoms with Crippen molar-refractivity contribution in [3.05, 3.63) is 29.8 Å². The summed E-state index contributed by atoms with van der Waals surface area (Å²) in [6, 6.07) is 4.94. The third-order valence-corrected chi connectivity index (χ3v) is 3.09. The lowest BCUT2D eigenvalue weighted by molar-refractivity contribution is -0.105. The number of carboxylic acid groups (broad SMARTS) is 1. The number of alkyl halides is 3. The minimum absolute atomic E-state index is 0.313. The lowest BCUT2D eigenvalue weighted by Gasteiger charge is -2.08. The van der Waals surface area contributed by atoms with E-state index in [2.05, 4.69) is 0 Å². The second kappa shape index (κ2) is 4.65. The lowest BCUT2D eigenvalue weighted by atomic mass is 10.2. The summed E-state index contributed by atoms with van der Waals surface area (Å²) in [7, 11) is -2.39. The van der Waals surface area contributed by atoms with Gasteiger partial charge in [0, 0.05) is 0 Å². The van der Waals surface area contributed by atoms with Crippen molar-refractivity contribution >= 4 is 16.8 Å². The van der Waals surface area contributed by atoms with E-state index in [-0.39, 0.29) is 10.5 Å². The van der Waals surface area contributed by atoms with E-state index >= 15 is 0 Å². The van der Waals surface area contributed by atoms with Crippen molar-refractivity contribution in [2.45, 2.75) is 11.1 Å². The highest BCUT2D eigenvalue weighted by Crippen LogP contribution is 2.21. The molecule has 0 bridgehead atoms. The standard InChI is InChI=1S/C9H7F3O3S/c10-9(11,12)5-16(15)7-4-2-1-3-6(7)8(13)14/h1-4H,5H2,(H,13,14). The van der Waals surface area contributed by atoms with Crippen LogP contribution in [0.5, 0.6) is 0 Å². The second-order valence-electron chi connectivity index (χ2n) is 2.91. The number of aromatic carboxylic acids is 1. The zero-order valence-electron chi connectivity index (χ0n) is 7.82. The highest BCUT2D eigenvalue weighted by molar-refractivity contribution is 7.85. The van der Waals surface area contributed by atoms with Gasteiger partial charge < -0.3 is 5.11 Å². The summed E-state index contributed by atoms with van der Waals surface area (Å²) in [5, 5.41) is 8.70. The Balaban J connectivity index is 3.04. The number of benzene rings is 1. The lowest BCUT2D eigenvalue weighted by Crippen LogP contribution is -2.19. The van der Waals surface area contributed by atoms with Crippen molar-refractivity contribution in [3.8, 4) is 0 Å². The Morgan fingerprint density at radius 3 is 2.38 bits per heavy atom. The average Bonchev–Trinajstić information content (AvgIpc) is 2.15. The molecule has 1 rings (SSSR count). The number of carboxylic acids is 1. The molecule has 0 aliphatic heterocycles. The van der Waals surface area contributed by atoms with E-state index < -0.39 is 28.7 Å². The van der Waals surface area contributed by atoms with Crippen LogP contribution in [-0.2, 0) is 10.8 Å². The van der Waals surface area contributed by atoms with Gasteiger partial charge in [0.15, 0.2) is 0 Å². The molecule has 0 heterocycles. The number of rotatable bonds is 3. The molecule has 3 nitrogen and oxygen atoms in total. The fourth-order valence-electron chi connectivity index (χ4n) is 1.07. The van der Waals surface area contributed by atoms with Gasteiger partial charge in [-0.25, -0.2) is 4.79 Å². The molecule has 1 aromatic carbocycles. The largest absolute Gasteiger partial charge is 0.478 e. The first kappa shape index (κ1) is 12.7. The minimum atomic E-state index is -4.59. The Morgan fingerprint density at radius 1 is 1.31 bits per heavy atom. The predicted molar refractivity (Wildman–Crippen MR) is 50.7 cm³/mol. The van der Waals surface area contributed by atoms with Crippen molar-refractivity contribution in [2.75, 3.05) is 5.75 Å². The van der Waals surface area contributed by atoms with Crippen LogP contribution in [-0.4, -0.2) is 27.2 Å². The van der Waals surface area contributed by atoms with Crippen molar-refractivity contribution in [2.24, 2.45) is 0 Å². The van der Waals surface area contributed by atoms with E-state index in [0.717, 1.165) is 12.1 Å². The maximum atomic E-state index is 12.0. The minimum Gasteiger partial charge on any atom is -0.478 e. The number of hydrogen-bond acceptors (Lipinski definition) is 2. The van der Waals surface area contributed by atoms with Gasteiger partial charge in [0.1, 0.15) is 5.75 Å². The molecule has 1 N–H and O–H groups in total. The van der Waals surface area contributed by atoms with Crippen LogP contribution < -0.4 is 0 Å². The van der Waals surface area contributed by atoms with Gasteiger partial charge in [-0.2, -0.15) is 13.2 Å². The summed E-state index contributed by atoms with van der Waals surface area (Å²) < 4.78 is 47.3. The van der Waals surface area contributed by atoms with Crippen LogP contribution in [0.3, 0.4) is 0 Å². The normalized spacial score (nSPS) is 13.4. The molecule has 0 aliphatic rings. The fraction of sp³-hybridized carbons (Fsp3) is 0.222. The Bertz CT molecular complexity index is 428. The number of halogens is 3. The van der Waals surface area contributed by atoms with Crippen LogP contribution in [0.1, 0.15) is 10.4 Å². The molecule has 88 valence electrons. The SMILES string of the molecule is O=C(O)c1ccccc1S(=O)CC(F)(F)F. The average molecular weight is 252 g/mol. The van der Waals surface area contributed by atoms with Gasteiger partial charge >= 0.3 is 12.1 Å². The summed E-state index contributed by atoms with van der Waals surface area (Å²) >= 11 is 0. The molecule has 16 heavy (non-hydrogen) atoms. The van der Waals surface area contributed by atoms with E-state index in [0.29, 0.717) is 0 Å². The molecule has 0 saturated heterocycles. The van der Waals surface area contributed by atoms with Crippen LogP contribution in [0, 0.1) is 0 Å². The van der Waals surface area contributed by atoms with E-state index in [1.54, 1.807) is 0 Å². The summed E-state index contributed by atoms with van der Waals surface area (Å²) in [5.41, 5.74) is -0.370. The van der Waals surface area contributed by atoms with Crippen LogP contribution in [0.15, 0.2) is 29.2 Å². The fourth-order valence-corrected chi connectivity index (χ4v) is 2.15. The van der Waals surface area contributed by atoms with Gasteiger partial charge in [0.2, 0.25) is 0 Å². The molecule has 0 aliphatic carbocycles. The van der Waals surface area contributed by atoms with Crippen molar-refractivity contribution in [3.63, 3.8) is 0 Å². The molecule has 0 aromatic heterocycles. The van der Waals surface area contributed by atoms with Crippen LogP contribution in [0.25, 0.3) is 0 Å². The Kier molecular flexibility index (Phi) is 3.69. The maximum Gasteiger partial charge on any atom is 0.400 e. The van der Waals surface area contributed by atoms with Crippen LogP contribution in [0.4, 0.5) is 13.2 Å². The maximum absolute atomic E-state index is 12.0. The molecule has 1 atom stereocenters. The van der Waals surface area contributed by atoms with E-state index in [4.69, 9.17) is 5.11 Å². The monoisotopic (exact) mass is 252 g/mol. The van der Waals surface area contributed by atoms with Gasteiger partial charge in [0.05, 0.1) is 21.3 Å². The van der Waals surface area contributed by atoms with Crippen LogP contribution in [0.2, 0.25) is 0 Å². The smallest absolute Gasteiger partial charge is 0.400 e. The summed E-state index contributed by atoms with van der Waals surface area (Å²) in [5.74, 6) is -2.94. The molecule has 0 spiro atoms. The molecule has 0 radical (unpaired) electrons. The van der Waals surface area contributed by atoms with Crippen molar-refractivity contribution in [1.82, 2.24) is 0 Å². The highest BCUT2D eigenvalue weighted by Gasteiger charge is 2.32. The summed E-state index contributed by atoms with van der Waals surface area (Å²) in [6.07, 6.45) is -4.59. The molecule has 7 heteroatoms. The third kappa shape index (κ3) is 3.34. The second-order valence-corrected chi connectivity index (χ2v) is 4.33. The van der Waals surface area contributed by atoms with Crippen molar-refractivity contribution in [1.29, 1.82) is 0 Å². The van der Waals surface area contributed by atoms with Crippen molar-refractivity contribution < 1.29 is 27.3 Å². The van der Waals surface area contributed by atoms with Gasteiger partial charge in [-0.05, 0) is 12.1 Å². The third-order valence-electron chi connectivity index (χ3n) is 1.66. The van der Waals surface area contributed by atoms with E-state index in [1.807, 2.05) is 0 Å². The first-order valence-corrected chi connectivity index (χ1v) is 5.40. The highest BCUT2D eigenvalue weighted by atomic mass is 32.2. The first-order valence-electron chi connectivity index (χ1n) is 4.09.